The predicted molar refractivity (Wildman–Crippen MR) is 63.5 cm³/mol. The van der Waals surface area contributed by atoms with Gasteiger partial charge in [0, 0.05) is 17.6 Å². The Balaban J connectivity index is 2.46. The molecule has 0 saturated heterocycles. The third-order valence-electron chi connectivity index (χ3n) is 3.26. The van der Waals surface area contributed by atoms with Crippen molar-refractivity contribution < 1.29 is 33.4 Å². The number of allylic oxidation sites excluding steroid dienone is 2. The van der Waals surface area contributed by atoms with Crippen LogP contribution in [-0.2, 0) is 33.4 Å². The minimum absolute atomic E-state index is 0.0829. The maximum atomic E-state index is 11.9. The molecule has 1 heterocycles. The van der Waals surface area contributed by atoms with Crippen molar-refractivity contribution in [3.05, 3.63) is 23.3 Å². The summed E-state index contributed by atoms with van der Waals surface area (Å²) in [6.45, 7) is -0.325. The Hall–Kier alpha value is -2.28. The van der Waals surface area contributed by atoms with Crippen LogP contribution in [0.3, 0.4) is 0 Å². The molecule has 2 aliphatic rings. The van der Waals surface area contributed by atoms with E-state index in [1.165, 1.54) is 0 Å². The molecule has 0 spiro atoms. The predicted octanol–water partition coefficient (Wildman–Crippen LogP) is -0.504. The van der Waals surface area contributed by atoms with Crippen molar-refractivity contribution in [2.24, 2.45) is 0 Å². The zero-order valence-corrected chi connectivity index (χ0v) is 10.9. The minimum Gasteiger partial charge on any atom is -0.466 e. The van der Waals surface area contributed by atoms with E-state index in [1.54, 1.807) is 0 Å². The van der Waals surface area contributed by atoms with Crippen LogP contribution in [0, 0.1) is 0 Å². The summed E-state index contributed by atoms with van der Waals surface area (Å²) in [5.74, 6) is -2.74. The van der Waals surface area contributed by atoms with Gasteiger partial charge in [0.2, 0.25) is 0 Å². The van der Waals surface area contributed by atoms with Gasteiger partial charge in [-0.3, -0.25) is 9.59 Å². The standard InChI is InChI=1S/C13H12O7/c1-18-11(16)13(12(17)19-2)5-7-8(6-20-13)10(15)4-3-9(7)14/h3-4H,5-6H2,1-2H3. The third-order valence-corrected chi connectivity index (χ3v) is 3.26. The van der Waals surface area contributed by atoms with E-state index in [2.05, 4.69) is 9.47 Å². The number of ketones is 2. The quantitative estimate of drug-likeness (QED) is 0.382. The van der Waals surface area contributed by atoms with Gasteiger partial charge in [0.1, 0.15) is 0 Å². The molecule has 0 fully saturated rings. The summed E-state index contributed by atoms with van der Waals surface area (Å²) in [7, 11) is 2.18. The van der Waals surface area contributed by atoms with Gasteiger partial charge in [0.15, 0.2) is 11.6 Å². The van der Waals surface area contributed by atoms with Crippen molar-refractivity contribution >= 4 is 23.5 Å². The molecule has 7 heteroatoms. The molecule has 0 bridgehead atoms. The van der Waals surface area contributed by atoms with Gasteiger partial charge in [-0.1, -0.05) is 0 Å². The van der Waals surface area contributed by atoms with E-state index in [0.29, 0.717) is 0 Å². The van der Waals surface area contributed by atoms with Crippen LogP contribution in [0.5, 0.6) is 0 Å². The maximum absolute atomic E-state index is 11.9. The lowest BCUT2D eigenvalue weighted by molar-refractivity contribution is -0.188. The molecule has 0 atom stereocenters. The van der Waals surface area contributed by atoms with Crippen LogP contribution in [0.2, 0.25) is 0 Å². The summed E-state index contributed by atoms with van der Waals surface area (Å²) < 4.78 is 14.4. The summed E-state index contributed by atoms with van der Waals surface area (Å²) in [6.07, 6.45) is 1.86. The first-order valence-electron chi connectivity index (χ1n) is 5.76. The van der Waals surface area contributed by atoms with Gasteiger partial charge < -0.3 is 14.2 Å². The summed E-state index contributed by atoms with van der Waals surface area (Å²) in [6, 6.07) is 0. The average molecular weight is 280 g/mol. The van der Waals surface area contributed by atoms with E-state index < -0.39 is 23.3 Å². The van der Waals surface area contributed by atoms with E-state index >= 15 is 0 Å². The number of ether oxygens (including phenoxy) is 3. The minimum atomic E-state index is -2.04. The van der Waals surface area contributed by atoms with E-state index in [9.17, 15) is 19.2 Å². The van der Waals surface area contributed by atoms with Crippen LogP contribution in [0.1, 0.15) is 6.42 Å². The highest BCUT2D eigenvalue weighted by Gasteiger charge is 2.54. The van der Waals surface area contributed by atoms with Crippen molar-refractivity contribution in [1.82, 2.24) is 0 Å². The fourth-order valence-corrected chi connectivity index (χ4v) is 2.17. The Morgan fingerprint density at radius 1 is 1.05 bits per heavy atom. The topological polar surface area (TPSA) is 96.0 Å². The van der Waals surface area contributed by atoms with Crippen molar-refractivity contribution in [2.45, 2.75) is 12.0 Å². The first-order chi connectivity index (χ1) is 9.46. The molecule has 0 aromatic carbocycles. The first kappa shape index (κ1) is 14.1. The molecule has 0 aromatic heterocycles. The SMILES string of the molecule is COC(=O)C1(C(=O)OC)CC2=C(CO1)C(=O)C=CC2=O. The summed E-state index contributed by atoms with van der Waals surface area (Å²) in [5.41, 5.74) is -1.80. The molecule has 20 heavy (non-hydrogen) atoms. The molecule has 0 unspecified atom stereocenters. The zero-order valence-electron chi connectivity index (χ0n) is 10.9. The zero-order chi connectivity index (χ0) is 14.9. The molecular weight excluding hydrogens is 268 g/mol. The lowest BCUT2D eigenvalue weighted by Crippen LogP contribution is -2.54. The smallest absolute Gasteiger partial charge is 0.350 e. The molecule has 0 aromatic rings. The molecule has 0 radical (unpaired) electrons. The number of esters is 2. The van der Waals surface area contributed by atoms with Crippen LogP contribution >= 0.6 is 0 Å². The Kier molecular flexibility index (Phi) is 3.54. The van der Waals surface area contributed by atoms with Crippen molar-refractivity contribution in [3.8, 4) is 0 Å². The van der Waals surface area contributed by atoms with Crippen LogP contribution in [-0.4, -0.2) is 49.9 Å². The summed E-state index contributed by atoms with van der Waals surface area (Å²) in [4.78, 5) is 47.2. The van der Waals surface area contributed by atoms with E-state index in [-0.39, 0.29) is 30.0 Å². The van der Waals surface area contributed by atoms with Crippen LogP contribution in [0.15, 0.2) is 23.3 Å². The molecule has 0 N–H and O–H groups in total. The van der Waals surface area contributed by atoms with Gasteiger partial charge in [0.25, 0.3) is 5.60 Å². The number of hydrogen-bond acceptors (Lipinski definition) is 7. The van der Waals surface area contributed by atoms with Crippen molar-refractivity contribution in [2.75, 3.05) is 20.8 Å². The highest BCUT2D eigenvalue weighted by molar-refractivity contribution is 6.21. The second kappa shape index (κ2) is 5.01. The van der Waals surface area contributed by atoms with Crippen LogP contribution < -0.4 is 0 Å². The second-order valence-electron chi connectivity index (χ2n) is 4.29. The van der Waals surface area contributed by atoms with Gasteiger partial charge in [-0.2, -0.15) is 0 Å². The lowest BCUT2D eigenvalue weighted by atomic mass is 9.83. The largest absolute Gasteiger partial charge is 0.466 e. The Morgan fingerprint density at radius 2 is 1.55 bits per heavy atom. The van der Waals surface area contributed by atoms with E-state index in [4.69, 9.17) is 4.74 Å². The average Bonchev–Trinajstić information content (AvgIpc) is 2.48. The monoisotopic (exact) mass is 280 g/mol. The molecule has 0 amide bonds. The third kappa shape index (κ3) is 1.96. The van der Waals surface area contributed by atoms with Crippen LogP contribution in [0.4, 0.5) is 0 Å². The maximum Gasteiger partial charge on any atom is 0.350 e. The summed E-state index contributed by atoms with van der Waals surface area (Å²) in [5, 5.41) is 0. The number of carbonyl (C=O) groups is 4. The second-order valence-corrected chi connectivity index (χ2v) is 4.29. The van der Waals surface area contributed by atoms with Gasteiger partial charge >= 0.3 is 11.9 Å². The van der Waals surface area contributed by atoms with Gasteiger partial charge in [0.05, 0.1) is 20.8 Å². The molecular formula is C13H12O7. The highest BCUT2D eigenvalue weighted by Crippen LogP contribution is 2.34. The number of rotatable bonds is 2. The number of methoxy groups -OCH3 is 2. The molecule has 106 valence electrons. The van der Waals surface area contributed by atoms with Gasteiger partial charge in [-0.25, -0.2) is 9.59 Å². The van der Waals surface area contributed by atoms with E-state index in [0.717, 1.165) is 26.4 Å². The molecule has 0 saturated carbocycles. The number of carbonyl (C=O) groups excluding carboxylic acids is 4. The van der Waals surface area contributed by atoms with Gasteiger partial charge in [-0.05, 0) is 12.2 Å². The van der Waals surface area contributed by atoms with Crippen molar-refractivity contribution in [1.29, 1.82) is 0 Å². The Morgan fingerprint density at radius 3 is 2.05 bits per heavy atom. The lowest BCUT2D eigenvalue weighted by Gasteiger charge is -2.34. The molecule has 7 nitrogen and oxygen atoms in total. The fourth-order valence-electron chi connectivity index (χ4n) is 2.17. The molecule has 2 rings (SSSR count). The Bertz CT molecular complexity index is 551. The number of hydrogen-bond donors (Lipinski definition) is 0. The molecule has 1 aliphatic heterocycles. The Labute approximate surface area is 114 Å². The fraction of sp³-hybridized carbons (Fsp3) is 0.385. The van der Waals surface area contributed by atoms with Gasteiger partial charge in [-0.15, -0.1) is 0 Å². The van der Waals surface area contributed by atoms with E-state index in [1.807, 2.05) is 0 Å². The first-order valence-corrected chi connectivity index (χ1v) is 5.76. The molecule has 1 aliphatic carbocycles. The summed E-state index contributed by atoms with van der Waals surface area (Å²) >= 11 is 0. The normalized spacial score (nSPS) is 20.5. The van der Waals surface area contributed by atoms with Crippen molar-refractivity contribution in [3.63, 3.8) is 0 Å². The highest BCUT2D eigenvalue weighted by atomic mass is 16.6. The van der Waals surface area contributed by atoms with Crippen LogP contribution in [0.25, 0.3) is 0 Å².